The van der Waals surface area contributed by atoms with Crippen LogP contribution in [0.3, 0.4) is 0 Å². The van der Waals surface area contributed by atoms with E-state index in [9.17, 15) is 8.42 Å². The van der Waals surface area contributed by atoms with E-state index in [0.29, 0.717) is 42.8 Å². The van der Waals surface area contributed by atoms with Crippen LogP contribution in [0.15, 0.2) is 23.1 Å². The molecule has 0 spiro atoms. The van der Waals surface area contributed by atoms with Crippen molar-refractivity contribution >= 4 is 21.6 Å². The number of rotatable bonds is 6. The topological polar surface area (TPSA) is 58.6 Å². The second-order valence-electron chi connectivity index (χ2n) is 4.95. The average molecular weight is 333 g/mol. The van der Waals surface area contributed by atoms with Crippen molar-refractivity contribution in [3.05, 3.63) is 28.8 Å². The maximum absolute atomic E-state index is 12.6. The van der Waals surface area contributed by atoms with E-state index in [4.69, 9.17) is 16.3 Å². The van der Waals surface area contributed by atoms with Gasteiger partial charge < -0.3 is 10.1 Å². The number of hydrogen-bond donors (Lipinski definition) is 1. The molecule has 1 fully saturated rings. The number of benzene rings is 1. The SMILES string of the molecule is CCCNCc1cc(S(=O)(=O)N2CCOCC2)ccc1Cl. The third kappa shape index (κ3) is 4.17. The molecule has 0 aromatic heterocycles. The average Bonchev–Trinajstić information content (AvgIpc) is 2.50. The van der Waals surface area contributed by atoms with E-state index in [1.807, 2.05) is 0 Å². The van der Waals surface area contributed by atoms with Gasteiger partial charge in [0, 0.05) is 24.7 Å². The number of nitrogens with zero attached hydrogens (tertiary/aromatic N) is 1. The first-order chi connectivity index (χ1) is 10.1. The summed E-state index contributed by atoms with van der Waals surface area (Å²) in [5.41, 5.74) is 0.805. The van der Waals surface area contributed by atoms with E-state index in [1.54, 1.807) is 18.2 Å². The fourth-order valence-electron chi connectivity index (χ4n) is 2.18. The molecule has 7 heteroatoms. The third-order valence-electron chi connectivity index (χ3n) is 3.37. The molecule has 0 saturated carbocycles. The van der Waals surface area contributed by atoms with Crippen LogP contribution in [-0.2, 0) is 21.3 Å². The van der Waals surface area contributed by atoms with Crippen molar-refractivity contribution < 1.29 is 13.2 Å². The molecule has 1 N–H and O–H groups in total. The smallest absolute Gasteiger partial charge is 0.243 e. The molecule has 1 aromatic rings. The molecular weight excluding hydrogens is 312 g/mol. The van der Waals surface area contributed by atoms with Crippen molar-refractivity contribution in [1.82, 2.24) is 9.62 Å². The van der Waals surface area contributed by atoms with Crippen LogP contribution >= 0.6 is 11.6 Å². The van der Waals surface area contributed by atoms with Crippen LogP contribution in [0.25, 0.3) is 0 Å². The lowest BCUT2D eigenvalue weighted by molar-refractivity contribution is 0.0730. The summed E-state index contributed by atoms with van der Waals surface area (Å²) in [6.45, 7) is 5.20. The molecule has 1 heterocycles. The highest BCUT2D eigenvalue weighted by molar-refractivity contribution is 7.89. The van der Waals surface area contributed by atoms with Gasteiger partial charge in [-0.15, -0.1) is 0 Å². The summed E-state index contributed by atoms with van der Waals surface area (Å²) in [5, 5.41) is 3.82. The molecule has 0 amide bonds. The highest BCUT2D eigenvalue weighted by Crippen LogP contribution is 2.23. The number of sulfonamides is 1. The van der Waals surface area contributed by atoms with Crippen molar-refractivity contribution in [2.75, 3.05) is 32.8 Å². The van der Waals surface area contributed by atoms with E-state index >= 15 is 0 Å². The van der Waals surface area contributed by atoms with Gasteiger partial charge in [-0.25, -0.2) is 8.42 Å². The van der Waals surface area contributed by atoms with Gasteiger partial charge in [-0.2, -0.15) is 4.31 Å². The zero-order valence-corrected chi connectivity index (χ0v) is 13.7. The van der Waals surface area contributed by atoms with Crippen LogP contribution in [0.4, 0.5) is 0 Å². The van der Waals surface area contributed by atoms with Crippen LogP contribution < -0.4 is 5.32 Å². The van der Waals surface area contributed by atoms with Crippen molar-refractivity contribution in [2.45, 2.75) is 24.8 Å². The van der Waals surface area contributed by atoms with Crippen LogP contribution in [0, 0.1) is 0 Å². The van der Waals surface area contributed by atoms with E-state index in [0.717, 1.165) is 18.5 Å². The number of hydrogen-bond acceptors (Lipinski definition) is 4. The number of ether oxygens (including phenoxy) is 1. The summed E-state index contributed by atoms with van der Waals surface area (Å²) < 4.78 is 31.8. The molecule has 0 bridgehead atoms. The Bertz CT molecular complexity index is 572. The maximum Gasteiger partial charge on any atom is 0.243 e. The Labute approximate surface area is 131 Å². The van der Waals surface area contributed by atoms with Gasteiger partial charge in [-0.05, 0) is 36.7 Å². The quantitative estimate of drug-likeness (QED) is 0.808. The largest absolute Gasteiger partial charge is 0.379 e. The number of morpholine rings is 1. The van der Waals surface area contributed by atoms with E-state index < -0.39 is 10.0 Å². The molecule has 1 aromatic carbocycles. The van der Waals surface area contributed by atoms with Crippen LogP contribution in [0.5, 0.6) is 0 Å². The predicted octanol–water partition coefficient (Wildman–Crippen LogP) is 1.86. The molecule has 1 aliphatic rings. The summed E-state index contributed by atoms with van der Waals surface area (Å²) in [6, 6.07) is 4.88. The molecule has 5 nitrogen and oxygen atoms in total. The molecule has 2 rings (SSSR count). The Morgan fingerprint density at radius 3 is 2.71 bits per heavy atom. The zero-order chi connectivity index (χ0) is 15.3. The minimum absolute atomic E-state index is 0.294. The van der Waals surface area contributed by atoms with E-state index in [2.05, 4.69) is 12.2 Å². The molecule has 1 saturated heterocycles. The number of nitrogens with one attached hydrogen (secondary N) is 1. The first-order valence-corrected chi connectivity index (χ1v) is 8.94. The summed E-state index contributed by atoms with van der Waals surface area (Å²) >= 11 is 6.14. The molecule has 21 heavy (non-hydrogen) atoms. The van der Waals surface area contributed by atoms with Crippen molar-refractivity contribution in [3.63, 3.8) is 0 Å². The van der Waals surface area contributed by atoms with Crippen LogP contribution in [-0.4, -0.2) is 45.6 Å². The summed E-state index contributed by atoms with van der Waals surface area (Å²) in [4.78, 5) is 0.294. The van der Waals surface area contributed by atoms with Gasteiger partial charge in [0.15, 0.2) is 0 Å². The monoisotopic (exact) mass is 332 g/mol. The van der Waals surface area contributed by atoms with Gasteiger partial charge in [0.2, 0.25) is 10.0 Å². The molecule has 0 radical (unpaired) electrons. The van der Waals surface area contributed by atoms with Crippen LogP contribution in [0.2, 0.25) is 5.02 Å². The fraction of sp³-hybridized carbons (Fsp3) is 0.571. The Hall–Kier alpha value is -0.660. The van der Waals surface area contributed by atoms with Gasteiger partial charge >= 0.3 is 0 Å². The minimum atomic E-state index is -3.46. The molecule has 1 aliphatic heterocycles. The Balaban J connectivity index is 2.20. The van der Waals surface area contributed by atoms with Gasteiger partial charge in [0.05, 0.1) is 18.1 Å². The van der Waals surface area contributed by atoms with Gasteiger partial charge in [-0.3, -0.25) is 0 Å². The molecule has 0 aliphatic carbocycles. The minimum Gasteiger partial charge on any atom is -0.379 e. The highest BCUT2D eigenvalue weighted by Gasteiger charge is 2.26. The van der Waals surface area contributed by atoms with Gasteiger partial charge in [0.1, 0.15) is 0 Å². The molecule has 0 unspecified atom stereocenters. The molecule has 0 atom stereocenters. The molecular formula is C14H21ClN2O3S. The predicted molar refractivity (Wildman–Crippen MR) is 83.0 cm³/mol. The zero-order valence-electron chi connectivity index (χ0n) is 12.1. The highest BCUT2D eigenvalue weighted by atomic mass is 35.5. The first kappa shape index (κ1) is 16.7. The van der Waals surface area contributed by atoms with Gasteiger partial charge in [-0.1, -0.05) is 18.5 Å². The third-order valence-corrected chi connectivity index (χ3v) is 5.63. The normalized spacial score (nSPS) is 17.0. The Morgan fingerprint density at radius 2 is 2.05 bits per heavy atom. The lowest BCUT2D eigenvalue weighted by atomic mass is 10.2. The second-order valence-corrected chi connectivity index (χ2v) is 7.29. The Kier molecular flexibility index (Phi) is 6.01. The van der Waals surface area contributed by atoms with E-state index in [-0.39, 0.29) is 0 Å². The summed E-state index contributed by atoms with van der Waals surface area (Å²) in [7, 11) is -3.46. The van der Waals surface area contributed by atoms with Crippen molar-refractivity contribution in [2.24, 2.45) is 0 Å². The molecule has 118 valence electrons. The lowest BCUT2D eigenvalue weighted by Crippen LogP contribution is -2.40. The summed E-state index contributed by atoms with van der Waals surface area (Å²) in [6.07, 6.45) is 1.02. The maximum atomic E-state index is 12.6. The van der Waals surface area contributed by atoms with Crippen molar-refractivity contribution in [3.8, 4) is 0 Å². The first-order valence-electron chi connectivity index (χ1n) is 7.12. The van der Waals surface area contributed by atoms with Gasteiger partial charge in [0.25, 0.3) is 0 Å². The standard InChI is InChI=1S/C14H21ClN2O3S/c1-2-5-16-11-12-10-13(3-4-14(12)15)21(18,19)17-6-8-20-9-7-17/h3-4,10,16H,2,5-9,11H2,1H3. The Morgan fingerprint density at radius 1 is 1.33 bits per heavy atom. The lowest BCUT2D eigenvalue weighted by Gasteiger charge is -2.26. The second kappa shape index (κ2) is 7.56. The number of halogens is 1. The summed E-state index contributed by atoms with van der Waals surface area (Å²) in [5.74, 6) is 0. The van der Waals surface area contributed by atoms with Crippen molar-refractivity contribution in [1.29, 1.82) is 0 Å². The van der Waals surface area contributed by atoms with Crippen LogP contribution in [0.1, 0.15) is 18.9 Å². The fourth-order valence-corrected chi connectivity index (χ4v) is 3.83. The van der Waals surface area contributed by atoms with E-state index in [1.165, 1.54) is 4.31 Å².